The Hall–Kier alpha value is -1.89. The number of carbonyl (C=O) groups excluding carboxylic acids is 2. The molecule has 1 aliphatic heterocycles. The van der Waals surface area contributed by atoms with Crippen molar-refractivity contribution < 1.29 is 22.8 Å². The third-order valence-electron chi connectivity index (χ3n) is 7.59. The van der Waals surface area contributed by atoms with Crippen molar-refractivity contribution >= 4 is 11.7 Å². The molecule has 4 nitrogen and oxygen atoms in total. The van der Waals surface area contributed by atoms with E-state index in [9.17, 15) is 22.8 Å². The molecule has 3 fully saturated rings. The van der Waals surface area contributed by atoms with E-state index in [1.165, 1.54) is 12.1 Å². The zero-order valence-corrected chi connectivity index (χ0v) is 19.0. The molecule has 176 valence electrons. The summed E-state index contributed by atoms with van der Waals surface area (Å²) in [6, 6.07) is 2.96. The van der Waals surface area contributed by atoms with Gasteiger partial charge in [0, 0.05) is 63.3 Å². The lowest BCUT2D eigenvalue weighted by atomic mass is 9.76. The molecule has 1 heterocycles. The van der Waals surface area contributed by atoms with Crippen molar-refractivity contribution in [2.75, 3.05) is 19.6 Å². The number of hydrogen-bond donors (Lipinski definition) is 0. The summed E-state index contributed by atoms with van der Waals surface area (Å²) in [6.07, 6.45) is 3.47. The Kier molecular flexibility index (Phi) is 6.66. The van der Waals surface area contributed by atoms with Crippen LogP contribution in [0, 0.1) is 24.6 Å². The first-order valence-electron chi connectivity index (χ1n) is 11.8. The minimum atomic E-state index is -2.74. The Morgan fingerprint density at radius 1 is 1.06 bits per heavy atom. The van der Waals surface area contributed by atoms with Crippen LogP contribution in [0.1, 0.15) is 62.1 Å². The Balaban J connectivity index is 1.38. The second-order valence-corrected chi connectivity index (χ2v) is 10.1. The Bertz CT molecular complexity index is 874. The lowest BCUT2D eigenvalue weighted by Crippen LogP contribution is -2.54. The van der Waals surface area contributed by atoms with Crippen molar-refractivity contribution in [2.24, 2.45) is 11.8 Å². The molecular formula is C25H33F3N2O2. The summed E-state index contributed by atoms with van der Waals surface area (Å²) in [5.41, 5.74) is 2.25. The van der Waals surface area contributed by atoms with E-state index in [0.717, 1.165) is 49.9 Å². The van der Waals surface area contributed by atoms with Crippen molar-refractivity contribution in [3.8, 4) is 0 Å². The third kappa shape index (κ3) is 5.03. The van der Waals surface area contributed by atoms with Crippen LogP contribution in [0.2, 0.25) is 0 Å². The largest absolute Gasteiger partial charge is 0.337 e. The molecule has 0 spiro atoms. The predicted molar refractivity (Wildman–Crippen MR) is 116 cm³/mol. The molecule has 32 heavy (non-hydrogen) atoms. The van der Waals surface area contributed by atoms with Crippen molar-refractivity contribution in [1.29, 1.82) is 0 Å². The summed E-state index contributed by atoms with van der Waals surface area (Å²) in [7, 11) is 0. The molecule has 0 unspecified atom stereocenters. The van der Waals surface area contributed by atoms with Gasteiger partial charge in [0.2, 0.25) is 11.8 Å². The van der Waals surface area contributed by atoms with E-state index in [2.05, 4.69) is 11.8 Å². The minimum absolute atomic E-state index is 0.00257. The fourth-order valence-corrected chi connectivity index (χ4v) is 5.52. The van der Waals surface area contributed by atoms with Gasteiger partial charge in [0.1, 0.15) is 11.6 Å². The number of rotatable bonds is 6. The minimum Gasteiger partial charge on any atom is -0.337 e. The fraction of sp³-hybridized carbons (Fsp3) is 0.680. The molecule has 1 saturated heterocycles. The number of benzene rings is 1. The van der Waals surface area contributed by atoms with Crippen LogP contribution < -0.4 is 0 Å². The van der Waals surface area contributed by atoms with Gasteiger partial charge in [-0.05, 0) is 55.5 Å². The number of halogens is 3. The van der Waals surface area contributed by atoms with Gasteiger partial charge >= 0.3 is 0 Å². The molecule has 1 aromatic carbocycles. The van der Waals surface area contributed by atoms with Gasteiger partial charge in [-0.25, -0.2) is 13.2 Å². The second kappa shape index (κ2) is 9.16. The van der Waals surface area contributed by atoms with Gasteiger partial charge in [0.15, 0.2) is 0 Å². The molecule has 0 bridgehead atoms. The van der Waals surface area contributed by atoms with Gasteiger partial charge in [-0.2, -0.15) is 0 Å². The fourth-order valence-electron chi connectivity index (χ4n) is 5.52. The lowest BCUT2D eigenvalue weighted by Gasteiger charge is -2.41. The second-order valence-electron chi connectivity index (χ2n) is 10.1. The smallest absolute Gasteiger partial charge is 0.249 e. The van der Waals surface area contributed by atoms with E-state index in [0.29, 0.717) is 18.7 Å². The molecular weight excluding hydrogens is 417 g/mol. The van der Waals surface area contributed by atoms with Gasteiger partial charge in [0.05, 0.1) is 0 Å². The highest BCUT2D eigenvalue weighted by Gasteiger charge is 2.48. The monoisotopic (exact) mass is 450 g/mol. The lowest BCUT2D eigenvalue weighted by molar-refractivity contribution is -0.147. The highest BCUT2D eigenvalue weighted by atomic mass is 19.3. The highest BCUT2D eigenvalue weighted by Crippen LogP contribution is 2.43. The highest BCUT2D eigenvalue weighted by molar-refractivity contribution is 5.84. The number of carbonyl (C=O) groups is 2. The van der Waals surface area contributed by atoms with Crippen LogP contribution in [-0.2, 0) is 22.6 Å². The van der Waals surface area contributed by atoms with Gasteiger partial charge in [-0.3, -0.25) is 14.5 Å². The van der Waals surface area contributed by atoms with Gasteiger partial charge in [-0.15, -0.1) is 0 Å². The van der Waals surface area contributed by atoms with Crippen molar-refractivity contribution in [1.82, 2.24) is 9.80 Å². The molecule has 2 saturated carbocycles. The summed E-state index contributed by atoms with van der Waals surface area (Å²) < 4.78 is 40.6. The topological polar surface area (TPSA) is 40.6 Å². The van der Waals surface area contributed by atoms with E-state index in [-0.39, 0.29) is 30.1 Å². The summed E-state index contributed by atoms with van der Waals surface area (Å²) in [5.74, 6) is -3.55. The number of ketones is 1. The summed E-state index contributed by atoms with van der Waals surface area (Å²) in [4.78, 5) is 29.4. The van der Waals surface area contributed by atoms with Crippen LogP contribution in [0.25, 0.3) is 0 Å². The summed E-state index contributed by atoms with van der Waals surface area (Å²) in [5, 5.41) is 0. The molecule has 1 aromatic rings. The molecule has 3 aliphatic rings. The zero-order valence-electron chi connectivity index (χ0n) is 19.0. The van der Waals surface area contributed by atoms with Crippen LogP contribution in [0.4, 0.5) is 13.2 Å². The molecule has 7 heteroatoms. The SMILES string of the molecule is Cc1c(CC(=O)C2CC(F)(F)C2)cc(F)cc1CN1CCN(C(=O)C2CCCC2)[C@@H](C)C1. The zero-order chi connectivity index (χ0) is 23.0. The number of Topliss-reactive ketones (excluding diaryl/α,β-unsaturated/α-hetero) is 1. The Morgan fingerprint density at radius 2 is 1.72 bits per heavy atom. The average Bonchev–Trinajstić information content (AvgIpc) is 3.24. The van der Waals surface area contributed by atoms with Crippen molar-refractivity contribution in [2.45, 2.75) is 77.3 Å². The number of amides is 1. The number of hydrogen-bond acceptors (Lipinski definition) is 3. The van der Waals surface area contributed by atoms with Crippen LogP contribution in [0.15, 0.2) is 12.1 Å². The average molecular weight is 451 g/mol. The van der Waals surface area contributed by atoms with E-state index in [1.54, 1.807) is 0 Å². The quantitative estimate of drug-likeness (QED) is 0.640. The molecule has 1 atom stereocenters. The van der Waals surface area contributed by atoms with Crippen LogP contribution >= 0.6 is 0 Å². The van der Waals surface area contributed by atoms with E-state index in [4.69, 9.17) is 0 Å². The summed E-state index contributed by atoms with van der Waals surface area (Å²) >= 11 is 0. The van der Waals surface area contributed by atoms with Gasteiger partial charge < -0.3 is 4.90 Å². The van der Waals surface area contributed by atoms with E-state index in [1.807, 2.05) is 11.8 Å². The number of alkyl halides is 2. The van der Waals surface area contributed by atoms with Crippen LogP contribution in [-0.4, -0.2) is 53.1 Å². The number of nitrogens with zero attached hydrogens (tertiary/aromatic N) is 2. The first kappa shape index (κ1) is 23.3. The number of piperazine rings is 1. The van der Waals surface area contributed by atoms with E-state index >= 15 is 0 Å². The maximum atomic E-state index is 14.3. The first-order valence-corrected chi connectivity index (χ1v) is 11.8. The Labute approximate surface area is 188 Å². The van der Waals surface area contributed by atoms with Gasteiger partial charge in [-0.1, -0.05) is 12.8 Å². The molecule has 2 aliphatic carbocycles. The molecule has 0 N–H and O–H groups in total. The van der Waals surface area contributed by atoms with E-state index < -0.39 is 30.5 Å². The van der Waals surface area contributed by atoms with Crippen molar-refractivity contribution in [3.63, 3.8) is 0 Å². The summed E-state index contributed by atoms with van der Waals surface area (Å²) in [6.45, 7) is 6.60. The normalized spacial score (nSPS) is 24.5. The van der Waals surface area contributed by atoms with Gasteiger partial charge in [0.25, 0.3) is 0 Å². The molecule has 0 radical (unpaired) electrons. The maximum Gasteiger partial charge on any atom is 0.249 e. The molecule has 1 amide bonds. The first-order chi connectivity index (χ1) is 15.1. The molecule has 0 aromatic heterocycles. The third-order valence-corrected chi connectivity index (χ3v) is 7.59. The standard InChI is InChI=1S/C25H33F3N2O2/c1-16-14-29(7-8-30(16)24(32)18-5-3-4-6-18)15-20-10-22(26)9-19(17(20)2)11-23(31)21-12-25(27,28)13-21/h9-10,16,18,21H,3-8,11-15H2,1-2H3/t16-/m0/s1. The van der Waals surface area contributed by atoms with Crippen LogP contribution in [0.5, 0.6) is 0 Å². The maximum absolute atomic E-state index is 14.3. The van der Waals surface area contributed by atoms with Crippen molar-refractivity contribution in [3.05, 3.63) is 34.6 Å². The Morgan fingerprint density at radius 3 is 2.34 bits per heavy atom. The molecule has 4 rings (SSSR count). The van der Waals surface area contributed by atoms with Crippen LogP contribution in [0.3, 0.4) is 0 Å². The predicted octanol–water partition coefficient (Wildman–Crippen LogP) is 4.51.